The maximum atomic E-state index is 13.2. The van der Waals surface area contributed by atoms with E-state index in [1.165, 1.54) is 12.8 Å². The first-order chi connectivity index (χ1) is 13.4. The number of nitrogens with one attached hydrogen (secondary N) is 1. The summed E-state index contributed by atoms with van der Waals surface area (Å²) in [5.74, 6) is 1.09. The predicted molar refractivity (Wildman–Crippen MR) is 101 cm³/mol. The van der Waals surface area contributed by atoms with Crippen molar-refractivity contribution in [3.05, 3.63) is 42.1 Å². The van der Waals surface area contributed by atoms with Crippen LogP contribution in [0.2, 0.25) is 0 Å². The number of amides is 1. The molecule has 2 aliphatic carbocycles. The summed E-state index contributed by atoms with van der Waals surface area (Å²) in [6, 6.07) is 9.78. The molecule has 2 aromatic rings. The van der Waals surface area contributed by atoms with Crippen molar-refractivity contribution in [2.75, 3.05) is 5.75 Å². The summed E-state index contributed by atoms with van der Waals surface area (Å²) in [5.41, 5.74) is -0.236. The molecule has 1 N–H and O–H groups in total. The van der Waals surface area contributed by atoms with Gasteiger partial charge in [-0.25, -0.2) is 9.97 Å². The summed E-state index contributed by atoms with van der Waals surface area (Å²) < 4.78 is 39.7. The molecule has 2 bridgehead atoms. The Morgan fingerprint density at radius 1 is 1.14 bits per heavy atom. The number of rotatable bonds is 5. The van der Waals surface area contributed by atoms with E-state index in [9.17, 15) is 18.0 Å². The zero-order valence-corrected chi connectivity index (χ0v) is 15.9. The molecule has 2 fully saturated rings. The van der Waals surface area contributed by atoms with Crippen molar-refractivity contribution < 1.29 is 18.0 Å². The highest BCUT2D eigenvalue weighted by Crippen LogP contribution is 2.44. The van der Waals surface area contributed by atoms with Crippen molar-refractivity contribution in [1.82, 2.24) is 15.3 Å². The van der Waals surface area contributed by atoms with E-state index in [0.29, 0.717) is 17.4 Å². The second-order valence-corrected chi connectivity index (χ2v) is 8.36. The Bertz CT molecular complexity index is 860. The second kappa shape index (κ2) is 7.73. The van der Waals surface area contributed by atoms with Crippen LogP contribution < -0.4 is 5.32 Å². The predicted octanol–water partition coefficient (Wildman–Crippen LogP) is 4.56. The molecule has 0 unspecified atom stereocenters. The minimum Gasteiger partial charge on any atom is -0.352 e. The third-order valence-electron chi connectivity index (χ3n) is 5.48. The SMILES string of the molecule is O=C(CSc1nc(-c2ccccc2)cc(C(F)(F)F)n1)N[C@H]1C[C@@H]2CC[C@H]1C2. The lowest BCUT2D eigenvalue weighted by molar-refractivity contribution is -0.141. The number of nitrogens with zero attached hydrogens (tertiary/aromatic N) is 2. The largest absolute Gasteiger partial charge is 0.433 e. The van der Waals surface area contributed by atoms with Crippen LogP contribution in [0.4, 0.5) is 13.2 Å². The minimum absolute atomic E-state index is 0.00340. The van der Waals surface area contributed by atoms with Crippen molar-refractivity contribution in [2.24, 2.45) is 11.8 Å². The molecule has 148 valence electrons. The third-order valence-corrected chi connectivity index (χ3v) is 6.33. The molecule has 1 aromatic carbocycles. The molecule has 8 heteroatoms. The second-order valence-electron chi connectivity index (χ2n) is 7.42. The molecule has 2 aliphatic rings. The molecule has 0 aliphatic heterocycles. The summed E-state index contributed by atoms with van der Waals surface area (Å²) in [4.78, 5) is 20.1. The molecular weight excluding hydrogens is 387 g/mol. The minimum atomic E-state index is -4.58. The lowest BCUT2D eigenvalue weighted by Gasteiger charge is -2.22. The van der Waals surface area contributed by atoms with Crippen LogP contribution in [-0.2, 0) is 11.0 Å². The fourth-order valence-electron chi connectivity index (χ4n) is 4.19. The number of hydrogen-bond donors (Lipinski definition) is 1. The molecule has 1 amide bonds. The van der Waals surface area contributed by atoms with Gasteiger partial charge >= 0.3 is 6.18 Å². The lowest BCUT2D eigenvalue weighted by Crippen LogP contribution is -2.39. The van der Waals surface area contributed by atoms with E-state index in [0.717, 1.165) is 30.7 Å². The number of thioether (sulfide) groups is 1. The number of carbonyl (C=O) groups is 1. The van der Waals surface area contributed by atoms with E-state index in [4.69, 9.17) is 0 Å². The van der Waals surface area contributed by atoms with Crippen LogP contribution in [0, 0.1) is 11.8 Å². The van der Waals surface area contributed by atoms with E-state index >= 15 is 0 Å². The van der Waals surface area contributed by atoms with Gasteiger partial charge in [-0.1, -0.05) is 48.5 Å². The maximum absolute atomic E-state index is 13.2. The van der Waals surface area contributed by atoms with Crippen LogP contribution >= 0.6 is 11.8 Å². The molecule has 2 saturated carbocycles. The van der Waals surface area contributed by atoms with E-state index in [1.54, 1.807) is 30.3 Å². The van der Waals surface area contributed by atoms with E-state index in [1.807, 2.05) is 0 Å². The summed E-state index contributed by atoms with van der Waals surface area (Å²) >= 11 is 0.937. The highest BCUT2D eigenvalue weighted by Gasteiger charge is 2.40. The molecule has 1 aromatic heterocycles. The number of benzene rings is 1. The van der Waals surface area contributed by atoms with Gasteiger partial charge < -0.3 is 5.32 Å². The zero-order chi connectivity index (χ0) is 19.7. The molecule has 1 heterocycles. The van der Waals surface area contributed by atoms with Gasteiger partial charge in [-0.2, -0.15) is 13.2 Å². The van der Waals surface area contributed by atoms with E-state index in [2.05, 4.69) is 15.3 Å². The number of carbonyl (C=O) groups excluding carboxylic acids is 1. The average Bonchev–Trinajstić information content (AvgIpc) is 3.29. The van der Waals surface area contributed by atoms with Gasteiger partial charge in [0.15, 0.2) is 5.16 Å². The van der Waals surface area contributed by atoms with Gasteiger partial charge in [-0.05, 0) is 37.2 Å². The van der Waals surface area contributed by atoms with Crippen LogP contribution in [0.3, 0.4) is 0 Å². The number of hydrogen-bond acceptors (Lipinski definition) is 4. The fraction of sp³-hybridized carbons (Fsp3) is 0.450. The maximum Gasteiger partial charge on any atom is 0.433 e. The summed E-state index contributed by atoms with van der Waals surface area (Å²) in [6.45, 7) is 0. The van der Waals surface area contributed by atoms with Crippen LogP contribution in [0.1, 0.15) is 31.4 Å². The van der Waals surface area contributed by atoms with Crippen LogP contribution in [-0.4, -0.2) is 27.7 Å². The summed E-state index contributed by atoms with van der Waals surface area (Å²) in [5, 5.41) is 2.99. The van der Waals surface area contributed by atoms with Crippen LogP contribution in [0.15, 0.2) is 41.6 Å². The molecule has 0 spiro atoms. The highest BCUT2D eigenvalue weighted by atomic mass is 32.2. The standard InChI is InChI=1S/C20H20F3N3OS/c21-20(22,23)17-10-16(13-4-2-1-3-5-13)25-19(26-17)28-11-18(27)24-15-9-12-6-7-14(15)8-12/h1-5,10,12,14-15H,6-9,11H2,(H,24,27)/t12-,14+,15+/m1/s1. The smallest absolute Gasteiger partial charge is 0.352 e. The Hall–Kier alpha value is -2.09. The van der Waals surface area contributed by atoms with Crippen LogP contribution in [0.5, 0.6) is 0 Å². The molecule has 4 nitrogen and oxygen atoms in total. The molecule has 28 heavy (non-hydrogen) atoms. The first-order valence-corrected chi connectivity index (χ1v) is 10.3. The molecule has 3 atom stereocenters. The third kappa shape index (κ3) is 4.32. The number of halogens is 3. The topological polar surface area (TPSA) is 54.9 Å². The average molecular weight is 407 g/mol. The van der Waals surface area contributed by atoms with Gasteiger partial charge in [-0.3, -0.25) is 4.79 Å². The van der Waals surface area contributed by atoms with Crippen molar-refractivity contribution in [1.29, 1.82) is 0 Å². The number of alkyl halides is 3. The Morgan fingerprint density at radius 2 is 1.93 bits per heavy atom. The van der Waals surface area contributed by atoms with Crippen molar-refractivity contribution >= 4 is 17.7 Å². The van der Waals surface area contributed by atoms with E-state index in [-0.39, 0.29) is 28.6 Å². The molecule has 0 radical (unpaired) electrons. The number of fused-ring (bicyclic) bond motifs is 2. The highest BCUT2D eigenvalue weighted by molar-refractivity contribution is 7.99. The van der Waals surface area contributed by atoms with Crippen LogP contribution in [0.25, 0.3) is 11.3 Å². The lowest BCUT2D eigenvalue weighted by atomic mass is 9.95. The van der Waals surface area contributed by atoms with Crippen molar-refractivity contribution in [2.45, 2.75) is 43.1 Å². The normalized spacial score (nSPS) is 23.8. The van der Waals surface area contributed by atoms with Crippen molar-refractivity contribution in [3.8, 4) is 11.3 Å². The summed E-state index contributed by atoms with van der Waals surface area (Å²) in [7, 11) is 0. The zero-order valence-electron chi connectivity index (χ0n) is 15.1. The Morgan fingerprint density at radius 3 is 2.57 bits per heavy atom. The van der Waals surface area contributed by atoms with E-state index < -0.39 is 11.9 Å². The van der Waals surface area contributed by atoms with Gasteiger partial charge in [0, 0.05) is 11.6 Å². The molecular formula is C20H20F3N3OS. The molecule has 4 rings (SSSR count). The quantitative estimate of drug-likeness (QED) is 0.583. The fourth-order valence-corrected chi connectivity index (χ4v) is 4.86. The van der Waals surface area contributed by atoms with Gasteiger partial charge in [0.2, 0.25) is 5.91 Å². The monoisotopic (exact) mass is 407 g/mol. The van der Waals surface area contributed by atoms with Gasteiger partial charge in [0.25, 0.3) is 0 Å². The first-order valence-electron chi connectivity index (χ1n) is 9.32. The first kappa shape index (κ1) is 19.2. The molecule has 0 saturated heterocycles. The Labute approximate surface area is 165 Å². The van der Waals surface area contributed by atoms with Gasteiger partial charge in [-0.15, -0.1) is 0 Å². The van der Waals surface area contributed by atoms with Gasteiger partial charge in [0.05, 0.1) is 11.4 Å². The Kier molecular flexibility index (Phi) is 5.31. The van der Waals surface area contributed by atoms with Gasteiger partial charge in [0.1, 0.15) is 5.69 Å². The summed E-state index contributed by atoms with van der Waals surface area (Å²) in [6.07, 6.45) is 0.00767. The van der Waals surface area contributed by atoms with Crippen molar-refractivity contribution in [3.63, 3.8) is 0 Å². The number of aromatic nitrogens is 2. The Balaban J connectivity index is 1.46.